The number of nitrogens with zero attached hydrogens (tertiary/aromatic N) is 1. The number of fused-ring (bicyclic) bond motifs is 2. The Morgan fingerprint density at radius 3 is 2.19 bits per heavy atom. The van der Waals surface area contributed by atoms with Gasteiger partial charge in [0.15, 0.2) is 0 Å². The van der Waals surface area contributed by atoms with Gasteiger partial charge in [-0.05, 0) is 83.7 Å². The van der Waals surface area contributed by atoms with Gasteiger partial charge in [0.1, 0.15) is 21.2 Å². The van der Waals surface area contributed by atoms with Crippen molar-refractivity contribution < 1.29 is 14.3 Å². The molecule has 0 amide bonds. The summed E-state index contributed by atoms with van der Waals surface area (Å²) < 4.78 is 10.6. The number of rotatable bonds is 5. The summed E-state index contributed by atoms with van der Waals surface area (Å²) in [5, 5.41) is 0.885. The van der Waals surface area contributed by atoms with Crippen LogP contribution >= 0.6 is 11.3 Å². The van der Waals surface area contributed by atoms with Crippen molar-refractivity contribution in [2.75, 3.05) is 20.0 Å². The predicted molar refractivity (Wildman–Crippen MR) is 147 cm³/mol. The second kappa shape index (κ2) is 9.25. The number of anilines is 1. The number of methoxy groups -OCH3 is 2. The number of carbonyl (C=O) groups is 1. The second-order valence-electron chi connectivity index (χ2n) is 10.5. The molecule has 4 aromatic rings. The van der Waals surface area contributed by atoms with Crippen LogP contribution in [-0.4, -0.2) is 25.0 Å². The van der Waals surface area contributed by atoms with Gasteiger partial charge in [-0.2, -0.15) is 0 Å². The zero-order valence-corrected chi connectivity index (χ0v) is 22.3. The molecule has 1 atom stereocenters. The molecule has 0 saturated carbocycles. The van der Waals surface area contributed by atoms with Crippen LogP contribution in [0.2, 0.25) is 0 Å². The van der Waals surface area contributed by atoms with Gasteiger partial charge in [0.2, 0.25) is 5.78 Å². The van der Waals surface area contributed by atoms with Crippen molar-refractivity contribution in [3.63, 3.8) is 0 Å². The van der Waals surface area contributed by atoms with Crippen molar-refractivity contribution in [2.45, 2.75) is 40.0 Å². The predicted octanol–water partition coefficient (Wildman–Crippen LogP) is 6.94. The molecular weight excluding hydrogens is 468 g/mol. The molecule has 5 rings (SSSR count). The summed E-state index contributed by atoms with van der Waals surface area (Å²) >= 11 is 1.39. The quantitative estimate of drug-likeness (QED) is 0.300. The first-order valence-electron chi connectivity index (χ1n) is 12.3. The standard InChI is InChI=1S/C30H32N2O3S/c1-30(2,3)19-10-15-23-22(16-19)24(17-6-11-20(34-4)12-7-17)25-26(31)28(36-29(25)32-23)27(33)18-8-13-21(35-5)14-9-18/h6-9,11-14,19H,10,15-16,31H2,1-5H3. The Balaban J connectivity index is 1.71. The van der Waals surface area contributed by atoms with E-state index in [0.29, 0.717) is 27.8 Å². The fourth-order valence-electron chi connectivity index (χ4n) is 5.18. The summed E-state index contributed by atoms with van der Waals surface area (Å²) in [6.07, 6.45) is 2.98. The minimum Gasteiger partial charge on any atom is -0.497 e. The van der Waals surface area contributed by atoms with Crippen molar-refractivity contribution in [2.24, 2.45) is 11.3 Å². The Bertz CT molecular complexity index is 1430. The number of nitrogen functional groups attached to an aromatic ring is 1. The number of hydrogen-bond donors (Lipinski definition) is 1. The molecule has 2 N–H and O–H groups in total. The molecule has 1 aliphatic carbocycles. The van der Waals surface area contributed by atoms with Crippen LogP contribution in [0.3, 0.4) is 0 Å². The number of nitrogens with two attached hydrogens (primary N) is 1. The van der Waals surface area contributed by atoms with Crippen LogP contribution in [0.1, 0.15) is 53.7 Å². The van der Waals surface area contributed by atoms with Gasteiger partial charge in [-0.25, -0.2) is 4.98 Å². The van der Waals surface area contributed by atoms with Crippen molar-refractivity contribution in [1.82, 2.24) is 4.98 Å². The fourth-order valence-corrected chi connectivity index (χ4v) is 6.27. The largest absolute Gasteiger partial charge is 0.497 e. The van der Waals surface area contributed by atoms with E-state index in [-0.39, 0.29) is 11.2 Å². The molecular formula is C30H32N2O3S. The molecule has 0 fully saturated rings. The van der Waals surface area contributed by atoms with E-state index in [1.165, 1.54) is 16.9 Å². The summed E-state index contributed by atoms with van der Waals surface area (Å²) in [5.74, 6) is 1.96. The molecule has 0 aliphatic heterocycles. The number of thiophene rings is 1. The molecule has 0 spiro atoms. The maximum absolute atomic E-state index is 13.5. The van der Waals surface area contributed by atoms with Gasteiger partial charge >= 0.3 is 0 Å². The van der Waals surface area contributed by atoms with E-state index in [4.69, 9.17) is 20.2 Å². The average Bonchev–Trinajstić information content (AvgIpc) is 3.21. The molecule has 2 aromatic heterocycles. The Hall–Kier alpha value is -3.38. The first-order valence-corrected chi connectivity index (χ1v) is 13.1. The van der Waals surface area contributed by atoms with Crippen molar-refractivity contribution in [1.29, 1.82) is 0 Å². The monoisotopic (exact) mass is 500 g/mol. The number of ketones is 1. The molecule has 2 aromatic carbocycles. The number of benzene rings is 2. The third-order valence-corrected chi connectivity index (χ3v) is 8.50. The lowest BCUT2D eigenvalue weighted by Crippen LogP contribution is -2.27. The number of aryl methyl sites for hydroxylation is 1. The molecule has 36 heavy (non-hydrogen) atoms. The Morgan fingerprint density at radius 1 is 1.00 bits per heavy atom. The minimum atomic E-state index is -0.0932. The van der Waals surface area contributed by atoms with Gasteiger partial charge in [0.25, 0.3) is 0 Å². The number of carbonyl (C=O) groups excluding carboxylic acids is 1. The molecule has 2 heterocycles. The normalized spacial score (nSPS) is 15.5. The van der Waals surface area contributed by atoms with Gasteiger partial charge in [0, 0.05) is 16.6 Å². The molecule has 0 saturated heterocycles. The van der Waals surface area contributed by atoms with Gasteiger partial charge in [-0.1, -0.05) is 32.9 Å². The minimum absolute atomic E-state index is 0.0932. The van der Waals surface area contributed by atoms with Crippen LogP contribution < -0.4 is 15.2 Å². The Labute approximate surface area is 216 Å². The number of pyridine rings is 1. The van der Waals surface area contributed by atoms with Gasteiger partial charge in [-0.15, -0.1) is 11.3 Å². The van der Waals surface area contributed by atoms with E-state index in [0.717, 1.165) is 52.0 Å². The number of hydrogen-bond acceptors (Lipinski definition) is 6. The maximum atomic E-state index is 13.5. The zero-order chi connectivity index (χ0) is 25.6. The molecule has 6 heteroatoms. The van der Waals surface area contributed by atoms with Crippen LogP contribution in [0.4, 0.5) is 5.69 Å². The summed E-state index contributed by atoms with van der Waals surface area (Å²) in [6, 6.07) is 15.3. The maximum Gasteiger partial charge on any atom is 0.205 e. The topological polar surface area (TPSA) is 74.4 Å². The SMILES string of the molecule is COc1ccc(C(=O)c2sc3nc4c(c(-c5ccc(OC)cc5)c3c2N)CC(C(C)(C)C)CC4)cc1. The van der Waals surface area contributed by atoms with Gasteiger partial charge in [-0.3, -0.25) is 4.79 Å². The molecule has 1 aliphatic rings. The Morgan fingerprint density at radius 2 is 1.61 bits per heavy atom. The Kier molecular flexibility index (Phi) is 6.25. The number of ether oxygens (including phenoxy) is 2. The first-order chi connectivity index (χ1) is 17.2. The average molecular weight is 501 g/mol. The summed E-state index contributed by atoms with van der Waals surface area (Å²) in [4.78, 5) is 20.0. The van der Waals surface area contributed by atoms with Crippen LogP contribution in [0.15, 0.2) is 48.5 Å². The molecule has 5 nitrogen and oxygen atoms in total. The molecule has 0 radical (unpaired) electrons. The lowest BCUT2D eigenvalue weighted by atomic mass is 9.70. The van der Waals surface area contributed by atoms with Crippen LogP contribution in [0, 0.1) is 11.3 Å². The van der Waals surface area contributed by atoms with Crippen LogP contribution in [0.25, 0.3) is 21.3 Å². The third kappa shape index (κ3) is 4.24. The lowest BCUT2D eigenvalue weighted by molar-refractivity contribution is 0.104. The smallest absolute Gasteiger partial charge is 0.205 e. The van der Waals surface area contributed by atoms with Gasteiger partial charge < -0.3 is 15.2 Å². The van der Waals surface area contributed by atoms with Crippen molar-refractivity contribution in [3.05, 3.63) is 70.2 Å². The summed E-state index contributed by atoms with van der Waals surface area (Å²) in [5.41, 5.74) is 12.6. The van der Waals surface area contributed by atoms with E-state index in [1.807, 2.05) is 12.1 Å². The molecule has 1 unspecified atom stereocenters. The summed E-state index contributed by atoms with van der Waals surface area (Å²) in [6.45, 7) is 6.94. The highest BCUT2D eigenvalue weighted by molar-refractivity contribution is 7.21. The third-order valence-electron chi connectivity index (χ3n) is 7.41. The highest BCUT2D eigenvalue weighted by Crippen LogP contribution is 2.47. The van der Waals surface area contributed by atoms with Crippen LogP contribution in [-0.2, 0) is 12.8 Å². The van der Waals surface area contributed by atoms with E-state index in [9.17, 15) is 4.79 Å². The van der Waals surface area contributed by atoms with Crippen LogP contribution in [0.5, 0.6) is 11.5 Å². The highest BCUT2D eigenvalue weighted by Gasteiger charge is 2.33. The van der Waals surface area contributed by atoms with E-state index in [2.05, 4.69) is 32.9 Å². The number of aromatic nitrogens is 1. The molecule has 186 valence electrons. The van der Waals surface area contributed by atoms with E-state index >= 15 is 0 Å². The summed E-state index contributed by atoms with van der Waals surface area (Å²) in [7, 11) is 3.28. The second-order valence-corrected chi connectivity index (χ2v) is 11.5. The van der Waals surface area contributed by atoms with Crippen molar-refractivity contribution in [3.8, 4) is 22.6 Å². The van der Waals surface area contributed by atoms with E-state index in [1.54, 1.807) is 38.5 Å². The molecule has 0 bridgehead atoms. The lowest BCUT2D eigenvalue weighted by Gasteiger charge is -2.35. The van der Waals surface area contributed by atoms with Crippen molar-refractivity contribution >= 4 is 33.0 Å². The van der Waals surface area contributed by atoms with E-state index < -0.39 is 0 Å². The van der Waals surface area contributed by atoms with Gasteiger partial charge in [0.05, 0.1) is 19.9 Å². The zero-order valence-electron chi connectivity index (χ0n) is 21.5. The fraction of sp³-hybridized carbons (Fsp3) is 0.333. The first kappa shape index (κ1) is 24.3. The highest BCUT2D eigenvalue weighted by atomic mass is 32.1.